The van der Waals surface area contributed by atoms with Crippen molar-refractivity contribution in [2.24, 2.45) is 0 Å². The van der Waals surface area contributed by atoms with Crippen LogP contribution in [0.3, 0.4) is 0 Å². The van der Waals surface area contributed by atoms with E-state index in [4.69, 9.17) is 0 Å². The highest BCUT2D eigenvalue weighted by atomic mass is 16.6. The summed E-state index contributed by atoms with van der Waals surface area (Å²) < 4.78 is 0. The molecule has 12 heavy (non-hydrogen) atoms. The van der Waals surface area contributed by atoms with Gasteiger partial charge in [-0.3, -0.25) is 0 Å². The minimum absolute atomic E-state index is 0.183. The van der Waals surface area contributed by atoms with E-state index >= 15 is 0 Å². The summed E-state index contributed by atoms with van der Waals surface area (Å²) in [4.78, 5) is 13.3. The van der Waals surface area contributed by atoms with Gasteiger partial charge in [0.2, 0.25) is 5.52 Å². The number of rotatable bonds is 1. The first-order valence-corrected chi connectivity index (χ1v) is 3.09. The smallest absolute Gasteiger partial charge is 0.358 e. The van der Waals surface area contributed by atoms with Crippen LogP contribution in [-0.4, -0.2) is 25.3 Å². The van der Waals surface area contributed by atoms with Crippen molar-refractivity contribution in [3.63, 3.8) is 0 Å². The summed E-state index contributed by atoms with van der Waals surface area (Å²) in [5, 5.41) is 19.9. The van der Waals surface area contributed by atoms with Crippen LogP contribution in [0.2, 0.25) is 0 Å². The Balaban J connectivity index is 2.82. The van der Waals surface area contributed by atoms with Gasteiger partial charge in [-0.05, 0) is 9.91 Å². The summed E-state index contributed by atoms with van der Waals surface area (Å²) in [6, 6.07) is 1.55. The van der Waals surface area contributed by atoms with Crippen molar-refractivity contribution >= 4 is 16.9 Å². The SMILES string of the molecule is O=[N+]([O-])c1nccc2n[nH]nc12. The van der Waals surface area contributed by atoms with Gasteiger partial charge in [-0.2, -0.15) is 10.3 Å². The molecule has 2 heterocycles. The van der Waals surface area contributed by atoms with Crippen LogP contribution < -0.4 is 0 Å². The van der Waals surface area contributed by atoms with E-state index in [9.17, 15) is 10.1 Å². The van der Waals surface area contributed by atoms with E-state index in [2.05, 4.69) is 20.4 Å². The van der Waals surface area contributed by atoms with Crippen LogP contribution in [0.5, 0.6) is 0 Å². The molecule has 0 aliphatic heterocycles. The Morgan fingerprint density at radius 2 is 2.33 bits per heavy atom. The number of nitrogens with one attached hydrogen (secondary N) is 1. The predicted molar refractivity (Wildman–Crippen MR) is 38.3 cm³/mol. The highest BCUT2D eigenvalue weighted by Crippen LogP contribution is 2.16. The van der Waals surface area contributed by atoms with Gasteiger partial charge in [-0.15, -0.1) is 5.10 Å². The maximum Gasteiger partial charge on any atom is 0.393 e. The molecular weight excluding hydrogens is 162 g/mol. The molecule has 2 rings (SSSR count). The molecule has 0 unspecified atom stereocenters. The summed E-state index contributed by atoms with van der Waals surface area (Å²) in [6.45, 7) is 0. The fourth-order valence-electron chi connectivity index (χ4n) is 0.893. The average Bonchev–Trinajstić information content (AvgIpc) is 2.49. The van der Waals surface area contributed by atoms with Crippen molar-refractivity contribution in [2.45, 2.75) is 0 Å². The molecule has 0 saturated heterocycles. The molecule has 0 bridgehead atoms. The van der Waals surface area contributed by atoms with E-state index in [1.807, 2.05) is 0 Å². The third-order valence-electron chi connectivity index (χ3n) is 1.39. The predicted octanol–water partition coefficient (Wildman–Crippen LogP) is 0.261. The van der Waals surface area contributed by atoms with Gasteiger partial charge in [0.05, 0.1) is 0 Å². The van der Waals surface area contributed by atoms with E-state index in [0.717, 1.165) is 0 Å². The maximum atomic E-state index is 10.4. The number of aromatic amines is 1. The third-order valence-corrected chi connectivity index (χ3v) is 1.39. The van der Waals surface area contributed by atoms with Crippen LogP contribution in [0, 0.1) is 10.1 Å². The minimum atomic E-state index is -0.592. The largest absolute Gasteiger partial charge is 0.393 e. The second kappa shape index (κ2) is 2.22. The van der Waals surface area contributed by atoms with Gasteiger partial charge in [0.15, 0.2) is 0 Å². The zero-order chi connectivity index (χ0) is 8.55. The molecule has 60 valence electrons. The summed E-state index contributed by atoms with van der Waals surface area (Å²) in [5.41, 5.74) is 0.624. The molecule has 7 nitrogen and oxygen atoms in total. The summed E-state index contributed by atoms with van der Waals surface area (Å²) in [6.07, 6.45) is 1.32. The Hall–Kier alpha value is -2.05. The topological polar surface area (TPSA) is 97.6 Å². The van der Waals surface area contributed by atoms with E-state index in [1.54, 1.807) is 6.07 Å². The lowest BCUT2D eigenvalue weighted by molar-refractivity contribution is -0.387. The Bertz CT molecular complexity index is 436. The Kier molecular flexibility index (Phi) is 1.23. The molecule has 0 amide bonds. The first-order chi connectivity index (χ1) is 5.79. The second-order valence-corrected chi connectivity index (χ2v) is 2.08. The quantitative estimate of drug-likeness (QED) is 0.482. The molecule has 0 radical (unpaired) electrons. The van der Waals surface area contributed by atoms with Crippen molar-refractivity contribution in [2.75, 3.05) is 0 Å². The van der Waals surface area contributed by atoms with Gasteiger partial charge in [0.25, 0.3) is 0 Å². The summed E-state index contributed by atoms with van der Waals surface area (Å²) in [7, 11) is 0. The first-order valence-electron chi connectivity index (χ1n) is 3.09. The molecule has 0 atom stereocenters. The summed E-state index contributed by atoms with van der Waals surface area (Å²) >= 11 is 0. The molecule has 7 heteroatoms. The third kappa shape index (κ3) is 0.797. The van der Waals surface area contributed by atoms with Crippen LogP contribution in [0.25, 0.3) is 11.0 Å². The average molecular weight is 165 g/mol. The van der Waals surface area contributed by atoms with Crippen molar-refractivity contribution in [3.8, 4) is 0 Å². The molecule has 0 fully saturated rings. The summed E-state index contributed by atoms with van der Waals surface area (Å²) in [5.74, 6) is -0.277. The van der Waals surface area contributed by atoms with Gasteiger partial charge in [-0.1, -0.05) is 0 Å². The van der Waals surface area contributed by atoms with Gasteiger partial charge < -0.3 is 10.1 Å². The van der Waals surface area contributed by atoms with E-state index in [0.29, 0.717) is 5.52 Å². The van der Waals surface area contributed by atoms with Gasteiger partial charge >= 0.3 is 5.82 Å². The second-order valence-electron chi connectivity index (χ2n) is 2.08. The highest BCUT2D eigenvalue weighted by Gasteiger charge is 2.15. The van der Waals surface area contributed by atoms with E-state index in [-0.39, 0.29) is 11.3 Å². The number of pyridine rings is 1. The molecule has 0 aliphatic rings. The van der Waals surface area contributed by atoms with Crippen molar-refractivity contribution in [3.05, 3.63) is 22.4 Å². The number of fused-ring (bicyclic) bond motifs is 1. The number of hydrogen-bond donors (Lipinski definition) is 1. The molecule has 0 spiro atoms. The fraction of sp³-hybridized carbons (Fsp3) is 0. The number of nitrogens with zero attached hydrogens (tertiary/aromatic N) is 4. The van der Waals surface area contributed by atoms with Crippen LogP contribution in [0.15, 0.2) is 12.3 Å². The van der Waals surface area contributed by atoms with E-state index < -0.39 is 4.92 Å². The van der Waals surface area contributed by atoms with Gasteiger partial charge in [0.1, 0.15) is 11.7 Å². The Labute approximate surface area is 65.6 Å². The number of H-pyrrole nitrogens is 1. The molecule has 0 aliphatic carbocycles. The molecular formula is C5H3N5O2. The lowest BCUT2D eigenvalue weighted by atomic mass is 10.4. The Morgan fingerprint density at radius 3 is 3.08 bits per heavy atom. The lowest BCUT2D eigenvalue weighted by Crippen LogP contribution is -1.92. The zero-order valence-corrected chi connectivity index (χ0v) is 5.76. The fourth-order valence-corrected chi connectivity index (χ4v) is 0.893. The number of hydrogen-bond acceptors (Lipinski definition) is 5. The normalized spacial score (nSPS) is 10.3. The van der Waals surface area contributed by atoms with E-state index in [1.165, 1.54) is 6.20 Å². The van der Waals surface area contributed by atoms with Gasteiger partial charge in [-0.25, -0.2) is 0 Å². The van der Waals surface area contributed by atoms with Crippen LogP contribution in [0.4, 0.5) is 5.82 Å². The van der Waals surface area contributed by atoms with Crippen LogP contribution in [0.1, 0.15) is 0 Å². The molecule has 2 aromatic heterocycles. The standard InChI is InChI=1S/C5H3N5O2/c11-10(12)5-4-3(1-2-6-5)7-9-8-4/h1-2H,(H,7,8,9). The first kappa shape index (κ1) is 6.65. The lowest BCUT2D eigenvalue weighted by Gasteiger charge is -1.89. The maximum absolute atomic E-state index is 10.4. The molecule has 0 saturated carbocycles. The zero-order valence-electron chi connectivity index (χ0n) is 5.76. The van der Waals surface area contributed by atoms with Crippen molar-refractivity contribution in [1.29, 1.82) is 0 Å². The molecule has 0 aromatic carbocycles. The molecule has 2 aromatic rings. The number of nitro groups is 1. The van der Waals surface area contributed by atoms with Crippen molar-refractivity contribution < 1.29 is 4.92 Å². The monoisotopic (exact) mass is 165 g/mol. The Morgan fingerprint density at radius 1 is 1.50 bits per heavy atom. The van der Waals surface area contributed by atoms with Gasteiger partial charge in [0, 0.05) is 6.07 Å². The van der Waals surface area contributed by atoms with Crippen molar-refractivity contribution in [1.82, 2.24) is 20.4 Å². The minimum Gasteiger partial charge on any atom is -0.358 e. The van der Waals surface area contributed by atoms with Crippen LogP contribution in [-0.2, 0) is 0 Å². The molecule has 1 N–H and O–H groups in total. The highest BCUT2D eigenvalue weighted by molar-refractivity contribution is 5.80. The number of aromatic nitrogens is 4. The van der Waals surface area contributed by atoms with Crippen LogP contribution >= 0.6 is 0 Å².